The second kappa shape index (κ2) is 3.80. The maximum atomic E-state index is 11.7. The summed E-state index contributed by atoms with van der Waals surface area (Å²) in [6.07, 6.45) is 0.583. The first-order chi connectivity index (χ1) is 4.43. The van der Waals surface area contributed by atoms with Crippen LogP contribution in [0, 0.1) is 0 Å². The van der Waals surface area contributed by atoms with Crippen molar-refractivity contribution in [1.29, 1.82) is 0 Å². The van der Waals surface area contributed by atoms with E-state index in [0.29, 0.717) is 13.0 Å². The first kappa shape index (κ1) is 6.96. The van der Waals surface area contributed by atoms with E-state index in [1.54, 1.807) is 0 Å². The van der Waals surface area contributed by atoms with Gasteiger partial charge in [0.05, 0.1) is 19.9 Å². The molecule has 0 aromatic rings. The lowest BCUT2D eigenvalue weighted by atomic mass is 10.2. The number of hydrogen-bond donors (Lipinski definition) is 1. The molecule has 1 rings (SSSR count). The van der Waals surface area contributed by atoms with E-state index in [-0.39, 0.29) is 12.7 Å². The van der Waals surface area contributed by atoms with E-state index in [9.17, 15) is 4.39 Å². The third-order valence-corrected chi connectivity index (χ3v) is 1.46. The molecule has 1 saturated heterocycles. The maximum Gasteiger partial charge on any atom is 0.0910 e. The zero-order chi connectivity index (χ0) is 6.53. The summed E-state index contributed by atoms with van der Waals surface area (Å²) in [4.78, 5) is 0. The average Bonchev–Trinajstić information content (AvgIpc) is 1.91. The predicted octanol–water partition coefficient (Wildman–Crippen LogP) is 0.334. The highest BCUT2D eigenvalue weighted by molar-refractivity contribution is 4.68. The lowest BCUT2D eigenvalue weighted by Crippen LogP contribution is -2.41. The van der Waals surface area contributed by atoms with Crippen LogP contribution in [0.1, 0.15) is 6.42 Å². The van der Waals surface area contributed by atoms with Gasteiger partial charge in [0.1, 0.15) is 0 Å². The Morgan fingerprint density at radius 1 is 1.67 bits per heavy atom. The Labute approximate surface area is 54.4 Å². The van der Waals surface area contributed by atoms with E-state index in [4.69, 9.17) is 4.74 Å². The van der Waals surface area contributed by atoms with Gasteiger partial charge < -0.3 is 10.1 Å². The van der Waals surface area contributed by atoms with Crippen LogP contribution in [0.25, 0.3) is 0 Å². The molecule has 0 spiro atoms. The molecule has 0 radical (unpaired) electrons. The molecule has 1 fully saturated rings. The Kier molecular flexibility index (Phi) is 2.94. The molecule has 0 bridgehead atoms. The van der Waals surface area contributed by atoms with Crippen LogP contribution < -0.4 is 5.32 Å². The zero-order valence-electron chi connectivity index (χ0n) is 5.40. The summed E-state index contributed by atoms with van der Waals surface area (Å²) >= 11 is 0. The fourth-order valence-corrected chi connectivity index (χ4v) is 0.937. The van der Waals surface area contributed by atoms with Crippen LogP contribution in [-0.2, 0) is 4.74 Å². The molecule has 1 atom stereocenters. The molecule has 0 aromatic carbocycles. The minimum atomic E-state index is -0.249. The molecule has 0 aromatic heterocycles. The minimum absolute atomic E-state index is 0.249. The highest BCUT2D eigenvalue weighted by Gasteiger charge is 2.11. The van der Waals surface area contributed by atoms with Gasteiger partial charge >= 0.3 is 0 Å². The molecule has 1 aliphatic rings. The van der Waals surface area contributed by atoms with Crippen molar-refractivity contribution in [1.82, 2.24) is 5.32 Å². The summed E-state index contributed by atoms with van der Waals surface area (Å²) in [5.74, 6) is 0. The maximum absolute atomic E-state index is 11.7. The number of morpholine rings is 1. The quantitative estimate of drug-likeness (QED) is 0.586. The summed E-state index contributed by atoms with van der Waals surface area (Å²) in [6, 6.07) is 0.253. The minimum Gasteiger partial charge on any atom is -0.379 e. The number of ether oxygens (including phenoxy) is 1. The van der Waals surface area contributed by atoms with E-state index in [1.165, 1.54) is 0 Å². The Balaban J connectivity index is 2.08. The second-order valence-corrected chi connectivity index (χ2v) is 2.20. The van der Waals surface area contributed by atoms with Crippen LogP contribution in [0.3, 0.4) is 0 Å². The Morgan fingerprint density at radius 2 is 2.56 bits per heavy atom. The lowest BCUT2D eigenvalue weighted by molar-refractivity contribution is 0.0719. The molecular weight excluding hydrogens is 121 g/mol. The van der Waals surface area contributed by atoms with Crippen molar-refractivity contribution in [3.63, 3.8) is 0 Å². The third-order valence-electron chi connectivity index (χ3n) is 1.46. The molecule has 2 nitrogen and oxygen atoms in total. The summed E-state index contributed by atoms with van der Waals surface area (Å²) < 4.78 is 16.8. The number of alkyl halides is 1. The van der Waals surface area contributed by atoms with Gasteiger partial charge in [-0.2, -0.15) is 0 Å². The molecule has 0 aliphatic carbocycles. The molecule has 0 saturated carbocycles. The Hall–Kier alpha value is -0.150. The Bertz CT molecular complexity index is 70.7. The topological polar surface area (TPSA) is 21.3 Å². The first-order valence-corrected chi connectivity index (χ1v) is 3.30. The van der Waals surface area contributed by atoms with Crippen molar-refractivity contribution >= 4 is 0 Å². The number of halogens is 1. The van der Waals surface area contributed by atoms with Gasteiger partial charge in [0, 0.05) is 12.6 Å². The first-order valence-electron chi connectivity index (χ1n) is 3.30. The fourth-order valence-electron chi connectivity index (χ4n) is 0.937. The van der Waals surface area contributed by atoms with Crippen LogP contribution in [0.4, 0.5) is 4.39 Å². The molecule has 0 amide bonds. The van der Waals surface area contributed by atoms with Crippen molar-refractivity contribution in [2.45, 2.75) is 12.5 Å². The second-order valence-electron chi connectivity index (χ2n) is 2.20. The molecule has 1 unspecified atom stereocenters. The van der Waals surface area contributed by atoms with E-state index in [0.717, 1.165) is 13.2 Å². The van der Waals surface area contributed by atoms with E-state index < -0.39 is 0 Å². The lowest BCUT2D eigenvalue weighted by Gasteiger charge is -2.22. The van der Waals surface area contributed by atoms with Gasteiger partial charge in [0.15, 0.2) is 0 Å². The van der Waals surface area contributed by atoms with Crippen LogP contribution in [0.15, 0.2) is 0 Å². The standard InChI is InChI=1S/C6H12FNO/c7-2-1-6-5-9-4-3-8-6/h6,8H,1-5H2. The largest absolute Gasteiger partial charge is 0.379 e. The van der Waals surface area contributed by atoms with Crippen LogP contribution in [-0.4, -0.2) is 32.5 Å². The van der Waals surface area contributed by atoms with Crippen LogP contribution in [0.2, 0.25) is 0 Å². The molecule has 1 N–H and O–H groups in total. The SMILES string of the molecule is FCCC1COCCN1. The van der Waals surface area contributed by atoms with E-state index >= 15 is 0 Å². The van der Waals surface area contributed by atoms with Gasteiger partial charge in [-0.1, -0.05) is 0 Å². The summed E-state index contributed by atoms with van der Waals surface area (Å²) in [5.41, 5.74) is 0. The predicted molar refractivity (Wildman–Crippen MR) is 33.2 cm³/mol. The van der Waals surface area contributed by atoms with Gasteiger partial charge in [0.25, 0.3) is 0 Å². The molecular formula is C6H12FNO. The molecule has 54 valence electrons. The van der Waals surface area contributed by atoms with Gasteiger partial charge in [-0.3, -0.25) is 4.39 Å². The third kappa shape index (κ3) is 2.28. The van der Waals surface area contributed by atoms with Gasteiger partial charge in [-0.25, -0.2) is 0 Å². The summed E-state index contributed by atoms with van der Waals surface area (Å²) in [5, 5.41) is 3.16. The fraction of sp³-hybridized carbons (Fsp3) is 1.00. The molecule has 9 heavy (non-hydrogen) atoms. The highest BCUT2D eigenvalue weighted by Crippen LogP contribution is 1.97. The van der Waals surface area contributed by atoms with Crippen molar-refractivity contribution in [3.8, 4) is 0 Å². The Morgan fingerprint density at radius 3 is 3.11 bits per heavy atom. The smallest absolute Gasteiger partial charge is 0.0910 e. The molecule has 1 aliphatic heterocycles. The van der Waals surface area contributed by atoms with Crippen molar-refractivity contribution < 1.29 is 9.13 Å². The van der Waals surface area contributed by atoms with Crippen LogP contribution >= 0.6 is 0 Å². The summed E-state index contributed by atoms with van der Waals surface area (Å²) in [7, 11) is 0. The van der Waals surface area contributed by atoms with Gasteiger partial charge in [-0.15, -0.1) is 0 Å². The number of hydrogen-bond acceptors (Lipinski definition) is 2. The number of rotatable bonds is 2. The molecule has 3 heteroatoms. The monoisotopic (exact) mass is 133 g/mol. The van der Waals surface area contributed by atoms with Gasteiger partial charge in [0.2, 0.25) is 0 Å². The van der Waals surface area contributed by atoms with Crippen LogP contribution in [0.5, 0.6) is 0 Å². The average molecular weight is 133 g/mol. The van der Waals surface area contributed by atoms with Crippen molar-refractivity contribution in [2.75, 3.05) is 26.4 Å². The summed E-state index contributed by atoms with van der Waals surface area (Å²) in [6.45, 7) is 2.05. The van der Waals surface area contributed by atoms with Crippen molar-refractivity contribution in [2.24, 2.45) is 0 Å². The van der Waals surface area contributed by atoms with E-state index in [2.05, 4.69) is 5.32 Å². The zero-order valence-corrected chi connectivity index (χ0v) is 5.40. The van der Waals surface area contributed by atoms with Crippen molar-refractivity contribution in [3.05, 3.63) is 0 Å². The highest BCUT2D eigenvalue weighted by atomic mass is 19.1. The van der Waals surface area contributed by atoms with Gasteiger partial charge in [-0.05, 0) is 6.42 Å². The van der Waals surface area contributed by atoms with E-state index in [1.807, 2.05) is 0 Å². The molecule has 1 heterocycles. The normalized spacial score (nSPS) is 28.3. The number of nitrogens with one attached hydrogen (secondary N) is 1.